The Bertz CT molecular complexity index is 1210. The summed E-state index contributed by atoms with van der Waals surface area (Å²) < 4.78 is 5.24. The fourth-order valence-corrected chi connectivity index (χ4v) is 4.61. The monoisotopic (exact) mass is 453 g/mol. The SMILES string of the molecule is COc1ccccc1C(=O)NN1C(=O)C(=C2C(=O)N(C(C)=O)c3ccccc32)SC1=S. The number of fused-ring (bicyclic) bond motifs is 1. The van der Waals surface area contributed by atoms with Crippen molar-refractivity contribution in [1.29, 1.82) is 0 Å². The number of amides is 4. The van der Waals surface area contributed by atoms with Gasteiger partial charge in [0.2, 0.25) is 5.91 Å². The molecule has 0 bridgehead atoms. The number of anilines is 1. The second-order valence-electron chi connectivity index (χ2n) is 6.53. The van der Waals surface area contributed by atoms with Gasteiger partial charge in [0.05, 0.1) is 28.8 Å². The van der Waals surface area contributed by atoms with Crippen molar-refractivity contribution < 1.29 is 23.9 Å². The van der Waals surface area contributed by atoms with Gasteiger partial charge in [0.15, 0.2) is 4.32 Å². The first-order valence-electron chi connectivity index (χ1n) is 9.04. The minimum atomic E-state index is -0.651. The fraction of sp³-hybridized carbons (Fsp3) is 0.0952. The second kappa shape index (κ2) is 7.97. The average Bonchev–Trinajstić information content (AvgIpc) is 3.20. The molecule has 1 N–H and O–H groups in total. The molecule has 2 heterocycles. The summed E-state index contributed by atoms with van der Waals surface area (Å²) in [5.41, 5.74) is 3.63. The van der Waals surface area contributed by atoms with E-state index in [2.05, 4.69) is 5.43 Å². The Kier molecular flexibility index (Phi) is 5.34. The van der Waals surface area contributed by atoms with E-state index in [1.165, 1.54) is 14.0 Å². The lowest BCUT2D eigenvalue weighted by molar-refractivity contribution is -0.125. The van der Waals surface area contributed by atoms with Crippen LogP contribution in [0.1, 0.15) is 22.8 Å². The van der Waals surface area contributed by atoms with Gasteiger partial charge < -0.3 is 4.74 Å². The molecule has 0 spiro atoms. The van der Waals surface area contributed by atoms with Crippen LogP contribution < -0.4 is 15.1 Å². The highest BCUT2D eigenvalue weighted by molar-refractivity contribution is 8.26. The van der Waals surface area contributed by atoms with Crippen LogP contribution in [0.3, 0.4) is 0 Å². The predicted octanol–water partition coefficient (Wildman–Crippen LogP) is 2.50. The lowest BCUT2D eigenvalue weighted by Crippen LogP contribution is -2.45. The zero-order valence-corrected chi connectivity index (χ0v) is 18.0. The van der Waals surface area contributed by atoms with Crippen molar-refractivity contribution in [3.8, 4) is 5.75 Å². The van der Waals surface area contributed by atoms with Crippen LogP contribution in [0.2, 0.25) is 0 Å². The molecule has 4 rings (SSSR count). The van der Waals surface area contributed by atoms with Crippen molar-refractivity contribution in [3.05, 3.63) is 64.6 Å². The van der Waals surface area contributed by atoms with E-state index in [0.717, 1.165) is 21.7 Å². The third-order valence-electron chi connectivity index (χ3n) is 4.71. The van der Waals surface area contributed by atoms with Crippen molar-refractivity contribution >= 4 is 63.2 Å². The second-order valence-corrected chi connectivity index (χ2v) is 8.17. The number of hydrazine groups is 1. The van der Waals surface area contributed by atoms with E-state index in [0.29, 0.717) is 17.0 Å². The first-order chi connectivity index (χ1) is 14.8. The van der Waals surface area contributed by atoms with E-state index in [9.17, 15) is 19.2 Å². The number of thioether (sulfide) groups is 1. The number of hydrogen-bond donors (Lipinski definition) is 1. The largest absolute Gasteiger partial charge is 0.496 e. The molecule has 2 aliphatic rings. The normalized spacial score (nSPS) is 17.8. The summed E-state index contributed by atoms with van der Waals surface area (Å²) in [6.07, 6.45) is 0. The number of para-hydroxylation sites is 2. The highest BCUT2D eigenvalue weighted by Crippen LogP contribution is 2.44. The number of thiocarbonyl (C=S) groups is 1. The number of ether oxygens (including phenoxy) is 1. The Hall–Kier alpha value is -3.50. The van der Waals surface area contributed by atoms with Gasteiger partial charge in [0, 0.05) is 12.5 Å². The standard InChI is InChI=1S/C21H15N3O5S2/c1-11(25)23-14-9-5-3-7-12(14)16(19(23)27)17-20(28)24(21(30)31-17)22-18(26)13-8-4-6-10-15(13)29-2/h3-10H,1-2H3,(H,22,26). The van der Waals surface area contributed by atoms with Gasteiger partial charge in [-0.1, -0.05) is 42.1 Å². The first-order valence-corrected chi connectivity index (χ1v) is 10.3. The van der Waals surface area contributed by atoms with Crippen molar-refractivity contribution in [2.45, 2.75) is 6.92 Å². The zero-order chi connectivity index (χ0) is 22.3. The summed E-state index contributed by atoms with van der Waals surface area (Å²) in [6, 6.07) is 13.2. The van der Waals surface area contributed by atoms with E-state index in [1.807, 2.05) is 0 Å². The molecule has 0 atom stereocenters. The Morgan fingerprint density at radius 1 is 1.03 bits per heavy atom. The summed E-state index contributed by atoms with van der Waals surface area (Å²) in [7, 11) is 1.43. The third-order valence-corrected chi connectivity index (χ3v) is 6.08. The van der Waals surface area contributed by atoms with E-state index >= 15 is 0 Å². The molecule has 1 fully saturated rings. The van der Waals surface area contributed by atoms with Crippen molar-refractivity contribution in [1.82, 2.24) is 10.4 Å². The van der Waals surface area contributed by atoms with Crippen LogP contribution in [0.4, 0.5) is 5.69 Å². The lowest BCUT2D eigenvalue weighted by Gasteiger charge is -2.16. The Morgan fingerprint density at radius 3 is 2.42 bits per heavy atom. The molecule has 0 unspecified atom stereocenters. The number of nitrogens with zero attached hydrogens (tertiary/aromatic N) is 2. The van der Waals surface area contributed by atoms with Gasteiger partial charge in [-0.25, -0.2) is 4.90 Å². The molecule has 2 aromatic carbocycles. The van der Waals surface area contributed by atoms with E-state index in [1.54, 1.807) is 48.5 Å². The third kappa shape index (κ3) is 3.39. The number of imide groups is 1. The molecule has 1 saturated heterocycles. The van der Waals surface area contributed by atoms with Gasteiger partial charge in [-0.2, -0.15) is 5.01 Å². The van der Waals surface area contributed by atoms with Crippen molar-refractivity contribution in [2.24, 2.45) is 0 Å². The van der Waals surface area contributed by atoms with Crippen LogP contribution in [0.15, 0.2) is 53.4 Å². The molecule has 0 radical (unpaired) electrons. The summed E-state index contributed by atoms with van der Waals surface area (Å²) in [6.45, 7) is 1.27. The van der Waals surface area contributed by atoms with Gasteiger partial charge in [-0.05, 0) is 30.4 Å². The predicted molar refractivity (Wildman–Crippen MR) is 119 cm³/mol. The van der Waals surface area contributed by atoms with E-state index in [-0.39, 0.29) is 20.4 Å². The van der Waals surface area contributed by atoms with E-state index in [4.69, 9.17) is 17.0 Å². The van der Waals surface area contributed by atoms with Gasteiger partial charge in [0.25, 0.3) is 17.7 Å². The number of methoxy groups -OCH3 is 1. The fourth-order valence-electron chi connectivity index (χ4n) is 3.36. The molecule has 0 saturated carbocycles. The van der Waals surface area contributed by atoms with Crippen molar-refractivity contribution in [2.75, 3.05) is 12.0 Å². The molecule has 4 amide bonds. The molecular formula is C21H15N3O5S2. The zero-order valence-electron chi connectivity index (χ0n) is 16.4. The van der Waals surface area contributed by atoms with Gasteiger partial charge in [-0.3, -0.25) is 24.6 Å². The van der Waals surface area contributed by atoms with Gasteiger partial charge >= 0.3 is 0 Å². The number of carbonyl (C=O) groups is 4. The van der Waals surface area contributed by atoms with Crippen LogP contribution in [0.25, 0.3) is 5.57 Å². The van der Waals surface area contributed by atoms with Crippen LogP contribution in [-0.4, -0.2) is 40.1 Å². The molecule has 31 heavy (non-hydrogen) atoms. The van der Waals surface area contributed by atoms with Crippen LogP contribution in [0, 0.1) is 0 Å². The summed E-state index contributed by atoms with van der Waals surface area (Å²) in [4.78, 5) is 51.9. The Labute approximate surface area is 186 Å². The van der Waals surface area contributed by atoms with Gasteiger partial charge in [0.1, 0.15) is 5.75 Å². The summed E-state index contributed by atoms with van der Waals surface area (Å²) >= 11 is 6.16. The molecular weight excluding hydrogens is 438 g/mol. The van der Waals surface area contributed by atoms with Crippen LogP contribution in [0.5, 0.6) is 5.75 Å². The van der Waals surface area contributed by atoms with Crippen LogP contribution in [-0.2, 0) is 14.4 Å². The van der Waals surface area contributed by atoms with Crippen molar-refractivity contribution in [3.63, 3.8) is 0 Å². The minimum Gasteiger partial charge on any atom is -0.496 e. The highest BCUT2D eigenvalue weighted by Gasteiger charge is 2.43. The minimum absolute atomic E-state index is 0.0477. The molecule has 0 aromatic heterocycles. The Morgan fingerprint density at radius 2 is 1.71 bits per heavy atom. The molecule has 8 nitrogen and oxygen atoms in total. The summed E-state index contributed by atoms with van der Waals surface area (Å²) in [5.74, 6) is -1.98. The maximum Gasteiger partial charge on any atom is 0.286 e. The average molecular weight is 454 g/mol. The quantitative estimate of drug-likeness (QED) is 0.564. The maximum atomic E-state index is 13.1. The molecule has 0 aliphatic carbocycles. The van der Waals surface area contributed by atoms with Crippen LogP contribution >= 0.6 is 24.0 Å². The molecule has 156 valence electrons. The molecule has 10 heteroatoms. The number of carbonyl (C=O) groups excluding carboxylic acids is 4. The smallest absolute Gasteiger partial charge is 0.286 e. The maximum absolute atomic E-state index is 13.1. The highest BCUT2D eigenvalue weighted by atomic mass is 32.2. The van der Waals surface area contributed by atoms with Gasteiger partial charge in [-0.15, -0.1) is 0 Å². The lowest BCUT2D eigenvalue weighted by atomic mass is 10.1. The number of hydrogen-bond acceptors (Lipinski definition) is 7. The first kappa shape index (κ1) is 20.8. The number of rotatable bonds is 3. The number of benzene rings is 2. The van der Waals surface area contributed by atoms with E-state index < -0.39 is 23.6 Å². The topological polar surface area (TPSA) is 96.0 Å². The Balaban J connectivity index is 1.70. The number of nitrogens with one attached hydrogen (secondary N) is 1. The molecule has 2 aliphatic heterocycles. The summed E-state index contributed by atoms with van der Waals surface area (Å²) in [5, 5.41) is 0.920. The molecule has 2 aromatic rings.